The summed E-state index contributed by atoms with van der Waals surface area (Å²) in [6.45, 7) is 4.02. The minimum Gasteiger partial charge on any atom is -0.379 e. The third-order valence-corrected chi connectivity index (χ3v) is 4.70. The second kappa shape index (κ2) is 9.44. The average Bonchev–Trinajstić information content (AvgIpc) is 2.35. The van der Waals surface area contributed by atoms with Gasteiger partial charge in [0.1, 0.15) is 5.44 Å². The molecule has 0 saturated carbocycles. The Kier molecular flexibility index (Phi) is 8.65. The van der Waals surface area contributed by atoms with Crippen LogP contribution in [0, 0.1) is 0 Å². The SMILES string of the molecule is CCOCCOC(CI)Sc1ccc(Cl)cc1. The van der Waals surface area contributed by atoms with Crippen LogP contribution in [0.1, 0.15) is 6.92 Å². The molecule has 96 valence electrons. The summed E-state index contributed by atoms with van der Waals surface area (Å²) in [5.74, 6) is 0. The molecule has 17 heavy (non-hydrogen) atoms. The molecule has 0 aliphatic carbocycles. The Hall–Kier alpha value is 0.510. The lowest BCUT2D eigenvalue weighted by Gasteiger charge is -2.14. The monoisotopic (exact) mass is 386 g/mol. The molecule has 0 amide bonds. The molecule has 0 spiro atoms. The molecule has 0 aliphatic heterocycles. The number of hydrogen-bond acceptors (Lipinski definition) is 3. The van der Waals surface area contributed by atoms with E-state index in [2.05, 4.69) is 22.6 Å². The number of halogens is 2. The van der Waals surface area contributed by atoms with Gasteiger partial charge in [0, 0.05) is 21.0 Å². The van der Waals surface area contributed by atoms with Gasteiger partial charge in [-0.1, -0.05) is 46.0 Å². The number of rotatable bonds is 8. The van der Waals surface area contributed by atoms with E-state index in [4.69, 9.17) is 21.1 Å². The molecule has 0 radical (unpaired) electrons. The molecule has 0 heterocycles. The smallest absolute Gasteiger partial charge is 0.116 e. The van der Waals surface area contributed by atoms with Crippen LogP contribution in [-0.4, -0.2) is 29.7 Å². The van der Waals surface area contributed by atoms with Gasteiger partial charge in [-0.25, -0.2) is 0 Å². The number of ether oxygens (including phenoxy) is 2. The lowest BCUT2D eigenvalue weighted by atomic mass is 10.4. The summed E-state index contributed by atoms with van der Waals surface area (Å²) in [5, 5.41) is 0.762. The predicted molar refractivity (Wildman–Crippen MR) is 82.4 cm³/mol. The minimum absolute atomic E-state index is 0.164. The summed E-state index contributed by atoms with van der Waals surface area (Å²) in [4.78, 5) is 1.17. The van der Waals surface area contributed by atoms with Crippen molar-refractivity contribution in [2.24, 2.45) is 0 Å². The Morgan fingerprint density at radius 3 is 2.59 bits per heavy atom. The first-order valence-corrected chi connectivity index (χ1v) is 8.22. The van der Waals surface area contributed by atoms with Gasteiger partial charge in [-0.2, -0.15) is 0 Å². The van der Waals surface area contributed by atoms with Gasteiger partial charge in [-0.3, -0.25) is 0 Å². The van der Waals surface area contributed by atoms with Crippen molar-refractivity contribution >= 4 is 46.0 Å². The zero-order chi connectivity index (χ0) is 12.5. The highest BCUT2D eigenvalue weighted by Gasteiger charge is 2.09. The first-order valence-electron chi connectivity index (χ1n) is 5.43. The number of benzene rings is 1. The lowest BCUT2D eigenvalue weighted by Crippen LogP contribution is -2.14. The molecule has 1 atom stereocenters. The van der Waals surface area contributed by atoms with Crippen molar-refractivity contribution in [2.75, 3.05) is 24.2 Å². The average molecular weight is 387 g/mol. The quantitative estimate of drug-likeness (QED) is 0.219. The molecule has 0 bridgehead atoms. The highest BCUT2D eigenvalue weighted by Crippen LogP contribution is 2.26. The molecule has 0 saturated heterocycles. The summed E-state index contributed by atoms with van der Waals surface area (Å²) >= 11 is 9.88. The molecule has 0 aliphatic rings. The van der Waals surface area contributed by atoms with Gasteiger partial charge < -0.3 is 9.47 Å². The summed E-state index contributed by atoms with van der Waals surface area (Å²) in [5.41, 5.74) is 0.164. The molecular formula is C12H16ClIO2S. The maximum Gasteiger partial charge on any atom is 0.116 e. The van der Waals surface area contributed by atoms with Crippen LogP contribution in [0.3, 0.4) is 0 Å². The molecule has 0 aromatic heterocycles. The normalized spacial score (nSPS) is 12.6. The molecular weight excluding hydrogens is 371 g/mol. The zero-order valence-corrected chi connectivity index (χ0v) is 13.4. The fourth-order valence-electron chi connectivity index (χ4n) is 1.16. The van der Waals surface area contributed by atoms with Crippen LogP contribution < -0.4 is 0 Å². The Morgan fingerprint density at radius 2 is 2.00 bits per heavy atom. The largest absolute Gasteiger partial charge is 0.379 e. The van der Waals surface area contributed by atoms with Crippen molar-refractivity contribution < 1.29 is 9.47 Å². The summed E-state index contributed by atoms with van der Waals surface area (Å²) < 4.78 is 11.9. The van der Waals surface area contributed by atoms with Crippen LogP contribution in [0.4, 0.5) is 0 Å². The third-order valence-electron chi connectivity index (χ3n) is 1.94. The van der Waals surface area contributed by atoms with E-state index in [1.54, 1.807) is 11.8 Å². The molecule has 2 nitrogen and oxygen atoms in total. The van der Waals surface area contributed by atoms with Gasteiger partial charge >= 0.3 is 0 Å². The maximum atomic E-state index is 5.84. The summed E-state index contributed by atoms with van der Waals surface area (Å²) in [6.07, 6.45) is 0. The van der Waals surface area contributed by atoms with Crippen molar-refractivity contribution in [1.29, 1.82) is 0 Å². The van der Waals surface area contributed by atoms with E-state index in [0.717, 1.165) is 16.1 Å². The van der Waals surface area contributed by atoms with E-state index in [-0.39, 0.29) is 5.44 Å². The lowest BCUT2D eigenvalue weighted by molar-refractivity contribution is 0.0493. The van der Waals surface area contributed by atoms with Gasteiger partial charge in [-0.05, 0) is 31.2 Å². The van der Waals surface area contributed by atoms with Crippen molar-refractivity contribution in [3.8, 4) is 0 Å². The molecule has 0 fully saturated rings. The van der Waals surface area contributed by atoms with E-state index >= 15 is 0 Å². The molecule has 5 heteroatoms. The fraction of sp³-hybridized carbons (Fsp3) is 0.500. The second-order valence-electron chi connectivity index (χ2n) is 3.22. The highest BCUT2D eigenvalue weighted by molar-refractivity contribution is 14.1. The fourth-order valence-corrected chi connectivity index (χ4v) is 2.90. The molecule has 1 unspecified atom stereocenters. The molecule has 1 aromatic rings. The van der Waals surface area contributed by atoms with Crippen molar-refractivity contribution in [2.45, 2.75) is 17.3 Å². The van der Waals surface area contributed by atoms with Crippen LogP contribution in [0.15, 0.2) is 29.2 Å². The standard InChI is InChI=1S/C12H16ClIO2S/c1-2-15-7-8-16-12(9-14)17-11-5-3-10(13)4-6-11/h3-6,12H,2,7-9H2,1H3. The molecule has 0 N–H and O–H groups in total. The van der Waals surface area contributed by atoms with E-state index in [1.807, 2.05) is 31.2 Å². The topological polar surface area (TPSA) is 18.5 Å². The van der Waals surface area contributed by atoms with Crippen LogP contribution in [0.25, 0.3) is 0 Å². The highest BCUT2D eigenvalue weighted by atomic mass is 127. The van der Waals surface area contributed by atoms with Crippen molar-refractivity contribution in [1.82, 2.24) is 0 Å². The Labute approximate surface area is 126 Å². The minimum atomic E-state index is 0.164. The first kappa shape index (κ1) is 15.6. The Morgan fingerprint density at radius 1 is 1.29 bits per heavy atom. The van der Waals surface area contributed by atoms with Crippen LogP contribution >= 0.6 is 46.0 Å². The number of alkyl halides is 1. The van der Waals surface area contributed by atoms with E-state index in [0.29, 0.717) is 13.2 Å². The van der Waals surface area contributed by atoms with Gasteiger partial charge in [-0.15, -0.1) is 0 Å². The number of thioether (sulfide) groups is 1. The predicted octanol–water partition coefficient (Wildman–Crippen LogP) is 4.25. The van der Waals surface area contributed by atoms with Gasteiger partial charge in [0.15, 0.2) is 0 Å². The zero-order valence-electron chi connectivity index (χ0n) is 9.70. The third kappa shape index (κ3) is 6.86. The van der Waals surface area contributed by atoms with Gasteiger partial charge in [0.05, 0.1) is 13.2 Å². The first-order chi connectivity index (χ1) is 8.26. The Bertz CT molecular complexity index is 308. The summed E-state index contributed by atoms with van der Waals surface area (Å²) in [7, 11) is 0. The maximum absolute atomic E-state index is 5.84. The van der Waals surface area contributed by atoms with Gasteiger partial charge in [0.2, 0.25) is 0 Å². The second-order valence-corrected chi connectivity index (χ2v) is 5.77. The van der Waals surface area contributed by atoms with E-state index in [1.165, 1.54) is 4.90 Å². The van der Waals surface area contributed by atoms with Gasteiger partial charge in [0.25, 0.3) is 0 Å². The van der Waals surface area contributed by atoms with Crippen LogP contribution in [-0.2, 0) is 9.47 Å². The van der Waals surface area contributed by atoms with E-state index in [9.17, 15) is 0 Å². The number of hydrogen-bond donors (Lipinski definition) is 0. The van der Waals surface area contributed by atoms with Crippen LogP contribution in [0.5, 0.6) is 0 Å². The Balaban J connectivity index is 2.33. The summed E-state index contributed by atoms with van der Waals surface area (Å²) in [6, 6.07) is 7.82. The van der Waals surface area contributed by atoms with Crippen molar-refractivity contribution in [3.05, 3.63) is 29.3 Å². The molecule has 1 aromatic carbocycles. The van der Waals surface area contributed by atoms with Crippen molar-refractivity contribution in [3.63, 3.8) is 0 Å². The molecule has 1 rings (SSSR count). The van der Waals surface area contributed by atoms with E-state index < -0.39 is 0 Å². The van der Waals surface area contributed by atoms with Crippen LogP contribution in [0.2, 0.25) is 5.02 Å².